The van der Waals surface area contributed by atoms with Crippen LogP contribution in [0.25, 0.3) is 0 Å². The second-order valence-corrected chi connectivity index (χ2v) is 7.34. The van der Waals surface area contributed by atoms with E-state index in [0.29, 0.717) is 5.75 Å². The summed E-state index contributed by atoms with van der Waals surface area (Å²) in [4.78, 5) is 11.8. The van der Waals surface area contributed by atoms with E-state index in [4.69, 9.17) is 4.74 Å². The molecule has 1 N–H and O–H groups in total. The largest absolute Gasteiger partial charge is 0.426 e. The first kappa shape index (κ1) is 16.7. The van der Waals surface area contributed by atoms with Crippen molar-refractivity contribution in [2.24, 2.45) is 5.41 Å². The number of aliphatic hydroxyl groups is 1. The molecule has 0 spiro atoms. The second kappa shape index (κ2) is 5.96. The van der Waals surface area contributed by atoms with Crippen molar-refractivity contribution in [3.05, 3.63) is 29.8 Å². The monoisotopic (exact) mass is 278 g/mol. The normalized spacial score (nSPS) is 13.9. The Morgan fingerprint density at radius 2 is 1.80 bits per heavy atom. The second-order valence-electron chi connectivity index (χ2n) is 7.34. The highest BCUT2D eigenvalue weighted by Gasteiger charge is 2.25. The topological polar surface area (TPSA) is 46.5 Å². The maximum atomic E-state index is 11.8. The molecule has 3 nitrogen and oxygen atoms in total. The molecule has 1 aromatic rings. The van der Waals surface area contributed by atoms with Gasteiger partial charge in [-0.3, -0.25) is 4.79 Å². The first-order valence-electron chi connectivity index (χ1n) is 6.99. The van der Waals surface area contributed by atoms with Gasteiger partial charge in [0, 0.05) is 0 Å². The van der Waals surface area contributed by atoms with E-state index in [1.54, 1.807) is 6.07 Å². The molecule has 112 valence electrons. The Hall–Kier alpha value is -1.35. The number of carbonyl (C=O) groups is 1. The van der Waals surface area contributed by atoms with Gasteiger partial charge in [0.15, 0.2) is 0 Å². The SMILES string of the molecule is CC(C)(C)c1cccc(OC(=O)CC(O)C(C)(C)C)c1. The smallest absolute Gasteiger partial charge is 0.313 e. The van der Waals surface area contributed by atoms with Crippen molar-refractivity contribution in [2.75, 3.05) is 0 Å². The lowest BCUT2D eigenvalue weighted by molar-refractivity contribution is -0.138. The highest BCUT2D eigenvalue weighted by molar-refractivity contribution is 5.73. The van der Waals surface area contributed by atoms with Crippen LogP contribution in [0.3, 0.4) is 0 Å². The molecule has 1 unspecified atom stereocenters. The fraction of sp³-hybridized carbons (Fsp3) is 0.588. The van der Waals surface area contributed by atoms with Crippen LogP contribution in [0.4, 0.5) is 0 Å². The molecule has 0 aliphatic carbocycles. The Bertz CT molecular complexity index is 464. The summed E-state index contributed by atoms with van der Waals surface area (Å²) >= 11 is 0. The van der Waals surface area contributed by atoms with Gasteiger partial charge in [0.2, 0.25) is 0 Å². The van der Waals surface area contributed by atoms with Crippen molar-refractivity contribution in [3.8, 4) is 5.75 Å². The molecular formula is C17H26O3. The van der Waals surface area contributed by atoms with Crippen LogP contribution in [0.15, 0.2) is 24.3 Å². The van der Waals surface area contributed by atoms with Crippen LogP contribution in [-0.4, -0.2) is 17.2 Å². The van der Waals surface area contributed by atoms with Crippen molar-refractivity contribution in [3.63, 3.8) is 0 Å². The lowest BCUT2D eigenvalue weighted by Gasteiger charge is -2.25. The van der Waals surface area contributed by atoms with E-state index >= 15 is 0 Å². The summed E-state index contributed by atoms with van der Waals surface area (Å²) in [7, 11) is 0. The number of aliphatic hydroxyl groups excluding tert-OH is 1. The summed E-state index contributed by atoms with van der Waals surface area (Å²) in [6.45, 7) is 12.0. The number of rotatable bonds is 3. The Kier molecular flexibility index (Phi) is 4.98. The minimum atomic E-state index is -0.708. The van der Waals surface area contributed by atoms with Crippen LogP contribution in [0, 0.1) is 5.41 Å². The van der Waals surface area contributed by atoms with Gasteiger partial charge in [-0.1, -0.05) is 53.7 Å². The minimum Gasteiger partial charge on any atom is -0.426 e. The number of hydrogen-bond donors (Lipinski definition) is 1. The number of carbonyl (C=O) groups excluding carboxylic acids is 1. The average molecular weight is 278 g/mol. The van der Waals surface area contributed by atoms with Gasteiger partial charge < -0.3 is 9.84 Å². The van der Waals surface area contributed by atoms with E-state index in [2.05, 4.69) is 20.8 Å². The molecule has 0 saturated heterocycles. The number of hydrogen-bond acceptors (Lipinski definition) is 3. The zero-order valence-corrected chi connectivity index (χ0v) is 13.4. The molecule has 0 fully saturated rings. The van der Waals surface area contributed by atoms with Crippen molar-refractivity contribution in [1.82, 2.24) is 0 Å². The predicted octanol–water partition coefficient (Wildman–Crippen LogP) is 3.69. The molecule has 0 aromatic heterocycles. The fourth-order valence-electron chi connectivity index (χ4n) is 1.66. The maximum Gasteiger partial charge on any atom is 0.313 e. The molecule has 0 saturated carbocycles. The van der Waals surface area contributed by atoms with Crippen molar-refractivity contribution >= 4 is 5.97 Å². The lowest BCUT2D eigenvalue weighted by Crippen LogP contribution is -2.30. The molecule has 0 aliphatic rings. The zero-order valence-electron chi connectivity index (χ0n) is 13.4. The van der Waals surface area contributed by atoms with Crippen molar-refractivity contribution in [2.45, 2.75) is 59.5 Å². The number of ether oxygens (including phenoxy) is 1. The summed E-state index contributed by atoms with van der Waals surface area (Å²) < 4.78 is 5.32. The minimum absolute atomic E-state index is 0.00322. The number of benzene rings is 1. The van der Waals surface area contributed by atoms with Gasteiger partial charge in [-0.2, -0.15) is 0 Å². The molecule has 0 bridgehead atoms. The van der Waals surface area contributed by atoms with Gasteiger partial charge >= 0.3 is 5.97 Å². The maximum absolute atomic E-state index is 11.8. The third kappa shape index (κ3) is 4.97. The van der Waals surface area contributed by atoms with Crippen molar-refractivity contribution in [1.29, 1.82) is 0 Å². The zero-order chi connectivity index (χ0) is 15.6. The molecule has 1 rings (SSSR count). The van der Waals surface area contributed by atoms with Gasteiger partial charge in [-0.25, -0.2) is 0 Å². The first-order valence-corrected chi connectivity index (χ1v) is 6.99. The summed E-state index contributed by atoms with van der Waals surface area (Å²) in [5.41, 5.74) is 0.791. The van der Waals surface area contributed by atoms with E-state index in [0.717, 1.165) is 5.56 Å². The molecule has 0 heterocycles. The Morgan fingerprint density at radius 3 is 2.30 bits per heavy atom. The Morgan fingerprint density at radius 1 is 1.20 bits per heavy atom. The summed E-state index contributed by atoms with van der Waals surface area (Å²) in [6, 6.07) is 7.53. The average Bonchev–Trinajstić information content (AvgIpc) is 2.26. The summed E-state index contributed by atoms with van der Waals surface area (Å²) in [6.07, 6.45) is -0.704. The molecule has 1 atom stereocenters. The van der Waals surface area contributed by atoms with Gasteiger partial charge in [0.25, 0.3) is 0 Å². The van der Waals surface area contributed by atoms with E-state index in [1.165, 1.54) is 0 Å². The quantitative estimate of drug-likeness (QED) is 0.677. The fourth-order valence-corrected chi connectivity index (χ4v) is 1.66. The van der Waals surface area contributed by atoms with E-state index in [-0.39, 0.29) is 17.3 Å². The molecule has 0 amide bonds. The molecular weight excluding hydrogens is 252 g/mol. The van der Waals surface area contributed by atoms with E-state index in [1.807, 2.05) is 39.0 Å². The van der Waals surface area contributed by atoms with Gasteiger partial charge in [0.05, 0.1) is 12.5 Å². The third-order valence-electron chi connectivity index (χ3n) is 3.29. The third-order valence-corrected chi connectivity index (χ3v) is 3.29. The van der Waals surface area contributed by atoms with Gasteiger partial charge in [-0.15, -0.1) is 0 Å². The molecule has 0 radical (unpaired) electrons. The molecule has 20 heavy (non-hydrogen) atoms. The van der Waals surface area contributed by atoms with Crippen LogP contribution >= 0.6 is 0 Å². The van der Waals surface area contributed by atoms with Gasteiger partial charge in [-0.05, 0) is 28.5 Å². The van der Waals surface area contributed by atoms with E-state index < -0.39 is 12.1 Å². The van der Waals surface area contributed by atoms with E-state index in [9.17, 15) is 9.90 Å². The number of esters is 1. The van der Waals surface area contributed by atoms with Crippen LogP contribution in [-0.2, 0) is 10.2 Å². The predicted molar refractivity (Wildman–Crippen MR) is 80.9 cm³/mol. The molecule has 3 heteroatoms. The Labute approximate surface area is 122 Å². The highest BCUT2D eigenvalue weighted by Crippen LogP contribution is 2.26. The summed E-state index contributed by atoms with van der Waals surface area (Å²) in [5, 5.41) is 9.92. The van der Waals surface area contributed by atoms with Crippen LogP contribution in [0.1, 0.15) is 53.5 Å². The highest BCUT2D eigenvalue weighted by atomic mass is 16.5. The lowest BCUT2D eigenvalue weighted by atomic mass is 9.87. The van der Waals surface area contributed by atoms with Crippen LogP contribution in [0.5, 0.6) is 5.75 Å². The standard InChI is InChI=1S/C17H26O3/c1-16(2,3)12-8-7-9-13(10-12)20-15(19)11-14(18)17(4,5)6/h7-10,14,18H,11H2,1-6H3. The van der Waals surface area contributed by atoms with Gasteiger partial charge in [0.1, 0.15) is 5.75 Å². The van der Waals surface area contributed by atoms with Crippen molar-refractivity contribution < 1.29 is 14.6 Å². The summed E-state index contributed by atoms with van der Waals surface area (Å²) in [5.74, 6) is 0.127. The van der Waals surface area contributed by atoms with Crippen LogP contribution in [0.2, 0.25) is 0 Å². The molecule has 0 aliphatic heterocycles. The molecule has 1 aromatic carbocycles. The van der Waals surface area contributed by atoms with Crippen LogP contribution < -0.4 is 4.74 Å². The Balaban J connectivity index is 2.72. The first-order chi connectivity index (χ1) is 9.00.